The highest BCUT2D eigenvalue weighted by molar-refractivity contribution is 5.43. The van der Waals surface area contributed by atoms with Gasteiger partial charge in [0.1, 0.15) is 17.1 Å². The Balaban J connectivity index is 1.55. The highest BCUT2D eigenvalue weighted by Gasteiger charge is 2.65. The minimum absolute atomic E-state index is 0.0799. The van der Waals surface area contributed by atoms with Crippen molar-refractivity contribution in [3.8, 4) is 11.5 Å². The molecule has 0 radical (unpaired) electrons. The van der Waals surface area contributed by atoms with E-state index in [0.29, 0.717) is 35.5 Å². The smallest absolute Gasteiger partial charge is 0.123 e. The maximum absolute atomic E-state index is 10.3. The Bertz CT molecular complexity index is 820. The topological polar surface area (TPSA) is 49.7 Å². The largest absolute Gasteiger partial charge is 0.508 e. The van der Waals surface area contributed by atoms with E-state index in [0.717, 1.165) is 18.6 Å². The van der Waals surface area contributed by atoms with Gasteiger partial charge in [-0.15, -0.1) is 0 Å². The zero-order valence-electron chi connectivity index (χ0n) is 18.6. The Kier molecular flexibility index (Phi) is 4.19. The van der Waals surface area contributed by atoms with E-state index < -0.39 is 0 Å². The van der Waals surface area contributed by atoms with Crippen LogP contribution in [0.15, 0.2) is 18.2 Å². The van der Waals surface area contributed by atoms with Crippen LogP contribution in [-0.4, -0.2) is 22.4 Å². The number of phenolic OH excluding ortho intramolecular Hbond substituents is 1. The van der Waals surface area contributed by atoms with Crippen molar-refractivity contribution in [2.75, 3.05) is 6.61 Å². The molecule has 1 aliphatic heterocycles. The molecular formula is C26H38O3. The second-order valence-corrected chi connectivity index (χ2v) is 11.8. The summed E-state index contributed by atoms with van der Waals surface area (Å²) in [7, 11) is 0. The third-order valence-corrected chi connectivity index (χ3v) is 10.3. The van der Waals surface area contributed by atoms with Gasteiger partial charge in [0.05, 0.1) is 0 Å². The molecule has 0 spiro atoms. The Morgan fingerprint density at radius 2 is 1.66 bits per heavy atom. The number of rotatable bonds is 1. The summed E-state index contributed by atoms with van der Waals surface area (Å²) < 4.78 is 6.67. The van der Waals surface area contributed by atoms with Gasteiger partial charge in [0.25, 0.3) is 0 Å². The van der Waals surface area contributed by atoms with Gasteiger partial charge in [0.2, 0.25) is 0 Å². The van der Waals surface area contributed by atoms with Crippen LogP contribution in [0.1, 0.15) is 78.2 Å². The van der Waals surface area contributed by atoms with Crippen molar-refractivity contribution in [1.29, 1.82) is 0 Å². The number of aliphatic hydroxyl groups excluding tert-OH is 1. The third kappa shape index (κ3) is 2.58. The van der Waals surface area contributed by atoms with E-state index in [1.807, 2.05) is 12.1 Å². The number of aromatic hydroxyl groups is 1. The molecule has 0 bridgehead atoms. The summed E-state index contributed by atoms with van der Waals surface area (Å²) in [6.45, 7) is 10.1. The number of ether oxygens (including phenoxy) is 1. The highest BCUT2D eigenvalue weighted by Crippen LogP contribution is 2.70. The fourth-order valence-corrected chi connectivity index (χ4v) is 8.93. The SMILES string of the molecule is CC1(CO)CCCC2(C)C1CCC1(C)C3Cc4cc(O)ccc4OC3(C)CCC21. The van der Waals surface area contributed by atoms with Crippen LogP contribution in [0.5, 0.6) is 11.5 Å². The molecule has 3 saturated carbocycles. The normalized spacial score (nSPS) is 48.5. The van der Waals surface area contributed by atoms with E-state index in [1.165, 1.54) is 44.1 Å². The fraction of sp³-hybridized carbons (Fsp3) is 0.769. The molecule has 160 valence electrons. The number of fused-ring (bicyclic) bond motifs is 6. The monoisotopic (exact) mass is 398 g/mol. The van der Waals surface area contributed by atoms with Crippen molar-refractivity contribution < 1.29 is 14.9 Å². The first-order valence-electron chi connectivity index (χ1n) is 11.8. The van der Waals surface area contributed by atoms with Crippen LogP contribution in [0.4, 0.5) is 0 Å². The predicted molar refractivity (Wildman–Crippen MR) is 115 cm³/mol. The van der Waals surface area contributed by atoms with Crippen LogP contribution in [0.2, 0.25) is 0 Å². The van der Waals surface area contributed by atoms with Crippen LogP contribution in [0.25, 0.3) is 0 Å². The van der Waals surface area contributed by atoms with Crippen LogP contribution in [0.3, 0.4) is 0 Å². The summed E-state index contributed by atoms with van der Waals surface area (Å²) in [5, 5.41) is 20.3. The number of benzene rings is 1. The molecule has 3 aliphatic carbocycles. The highest BCUT2D eigenvalue weighted by atomic mass is 16.5. The van der Waals surface area contributed by atoms with Crippen molar-refractivity contribution >= 4 is 0 Å². The van der Waals surface area contributed by atoms with Crippen molar-refractivity contribution in [1.82, 2.24) is 0 Å². The number of aliphatic hydroxyl groups is 1. The maximum Gasteiger partial charge on any atom is 0.123 e. The van der Waals surface area contributed by atoms with E-state index in [-0.39, 0.29) is 16.4 Å². The minimum Gasteiger partial charge on any atom is -0.508 e. The van der Waals surface area contributed by atoms with Gasteiger partial charge < -0.3 is 14.9 Å². The average molecular weight is 399 g/mol. The van der Waals surface area contributed by atoms with E-state index in [2.05, 4.69) is 27.7 Å². The van der Waals surface area contributed by atoms with Gasteiger partial charge in [-0.25, -0.2) is 0 Å². The van der Waals surface area contributed by atoms with Crippen molar-refractivity contribution in [2.45, 2.75) is 84.7 Å². The van der Waals surface area contributed by atoms with Gasteiger partial charge >= 0.3 is 0 Å². The number of hydrogen-bond donors (Lipinski definition) is 2. The average Bonchev–Trinajstić information content (AvgIpc) is 2.66. The summed E-state index contributed by atoms with van der Waals surface area (Å²) in [5.41, 5.74) is 1.69. The van der Waals surface area contributed by atoms with E-state index in [1.54, 1.807) is 6.07 Å². The van der Waals surface area contributed by atoms with Crippen LogP contribution < -0.4 is 4.74 Å². The fourth-order valence-electron chi connectivity index (χ4n) is 8.93. The molecule has 5 rings (SSSR count). The molecule has 3 fully saturated rings. The molecule has 29 heavy (non-hydrogen) atoms. The lowest BCUT2D eigenvalue weighted by Gasteiger charge is -2.68. The Labute approximate surface area is 175 Å². The molecule has 3 heteroatoms. The lowest BCUT2D eigenvalue weighted by Crippen LogP contribution is -2.65. The van der Waals surface area contributed by atoms with Gasteiger partial charge in [-0.1, -0.05) is 27.2 Å². The van der Waals surface area contributed by atoms with Crippen LogP contribution in [-0.2, 0) is 6.42 Å². The Morgan fingerprint density at radius 3 is 2.41 bits per heavy atom. The second kappa shape index (κ2) is 6.15. The zero-order valence-corrected chi connectivity index (χ0v) is 18.6. The van der Waals surface area contributed by atoms with E-state index in [9.17, 15) is 10.2 Å². The summed E-state index contributed by atoms with van der Waals surface area (Å²) in [6, 6.07) is 5.62. The van der Waals surface area contributed by atoms with Gasteiger partial charge in [-0.2, -0.15) is 0 Å². The van der Waals surface area contributed by atoms with Crippen LogP contribution >= 0.6 is 0 Å². The molecule has 7 atom stereocenters. The molecule has 7 unspecified atom stereocenters. The predicted octanol–water partition coefficient (Wildman–Crippen LogP) is 5.72. The standard InChI is InChI=1S/C26H38O3/c1-23(16-27)10-5-11-24(2)20(23)8-12-25(3)21(24)9-13-26(4)22(25)15-17-14-18(28)6-7-19(17)29-26/h6-7,14,20-22,27-28H,5,8-13,15-16H2,1-4H3. The van der Waals surface area contributed by atoms with Gasteiger partial charge in [-0.3, -0.25) is 0 Å². The van der Waals surface area contributed by atoms with E-state index in [4.69, 9.17) is 4.74 Å². The first-order chi connectivity index (χ1) is 13.6. The summed E-state index contributed by atoms with van der Waals surface area (Å²) in [4.78, 5) is 0. The number of phenols is 1. The summed E-state index contributed by atoms with van der Waals surface area (Å²) in [5.74, 6) is 3.09. The van der Waals surface area contributed by atoms with Gasteiger partial charge in [0.15, 0.2) is 0 Å². The van der Waals surface area contributed by atoms with Gasteiger partial charge in [0, 0.05) is 12.5 Å². The van der Waals surface area contributed by atoms with Crippen molar-refractivity contribution in [3.05, 3.63) is 23.8 Å². The molecule has 0 aromatic heterocycles. The van der Waals surface area contributed by atoms with E-state index >= 15 is 0 Å². The van der Waals surface area contributed by atoms with Crippen LogP contribution in [0, 0.1) is 34.0 Å². The molecule has 1 aromatic rings. The first-order valence-corrected chi connectivity index (χ1v) is 11.8. The quantitative estimate of drug-likeness (QED) is 0.636. The first kappa shape index (κ1) is 19.7. The molecule has 0 saturated heterocycles. The van der Waals surface area contributed by atoms with Gasteiger partial charge in [-0.05, 0) is 104 Å². The molecule has 1 heterocycles. The summed E-state index contributed by atoms with van der Waals surface area (Å²) in [6.07, 6.45) is 9.50. The van der Waals surface area contributed by atoms with Crippen molar-refractivity contribution in [2.24, 2.45) is 34.0 Å². The minimum atomic E-state index is -0.118. The number of hydrogen-bond acceptors (Lipinski definition) is 3. The lowest BCUT2D eigenvalue weighted by molar-refractivity contribution is -0.213. The molecule has 4 aliphatic rings. The molecule has 0 amide bonds. The Hall–Kier alpha value is -1.22. The molecule has 2 N–H and O–H groups in total. The second-order valence-electron chi connectivity index (χ2n) is 11.8. The molecular weight excluding hydrogens is 360 g/mol. The molecule has 3 nitrogen and oxygen atoms in total. The maximum atomic E-state index is 10.3. The summed E-state index contributed by atoms with van der Waals surface area (Å²) >= 11 is 0. The lowest BCUT2D eigenvalue weighted by atomic mass is 9.37. The van der Waals surface area contributed by atoms with Crippen molar-refractivity contribution in [3.63, 3.8) is 0 Å². The zero-order chi connectivity index (χ0) is 20.7. The Morgan fingerprint density at radius 1 is 0.931 bits per heavy atom. The molecule has 1 aromatic carbocycles. The third-order valence-electron chi connectivity index (χ3n) is 10.3.